The summed E-state index contributed by atoms with van der Waals surface area (Å²) < 4.78 is 1.55. The van der Waals surface area contributed by atoms with Crippen LogP contribution in [0.4, 0.5) is 5.69 Å². The molecule has 2 rings (SSSR count). The average Bonchev–Trinajstić information content (AvgIpc) is 2.77. The lowest BCUT2D eigenvalue weighted by molar-refractivity contribution is 0.0958. The van der Waals surface area contributed by atoms with Crippen LogP contribution in [-0.2, 0) is 0 Å². The average molecular weight is 217 g/mol. The van der Waals surface area contributed by atoms with Crippen molar-refractivity contribution in [1.82, 2.24) is 20.1 Å². The zero-order valence-electron chi connectivity index (χ0n) is 8.71. The number of nitrogens with two attached hydrogens (primary N) is 1. The molecule has 0 aliphatic carbocycles. The topological polar surface area (TPSA) is 85.8 Å². The van der Waals surface area contributed by atoms with Gasteiger partial charge in [0.1, 0.15) is 0 Å². The Hall–Kier alpha value is -2.37. The molecule has 0 unspecified atom stereocenters. The second kappa shape index (κ2) is 4.01. The second-order valence-corrected chi connectivity index (χ2v) is 3.20. The van der Waals surface area contributed by atoms with Crippen LogP contribution in [0.25, 0.3) is 5.69 Å². The Balaban J connectivity index is 2.35. The summed E-state index contributed by atoms with van der Waals surface area (Å²) in [6, 6.07) is 3.36. The minimum absolute atomic E-state index is 0.226. The number of anilines is 1. The predicted octanol–water partition coefficient (Wildman–Crippen LogP) is 0.209. The van der Waals surface area contributed by atoms with Gasteiger partial charge in [0, 0.05) is 19.4 Å². The minimum atomic E-state index is -0.226. The maximum Gasteiger partial charge on any atom is 0.271 e. The Morgan fingerprint density at radius 2 is 2.31 bits per heavy atom. The highest BCUT2D eigenvalue weighted by Crippen LogP contribution is 2.09. The molecule has 0 aliphatic heterocycles. The van der Waals surface area contributed by atoms with Gasteiger partial charge in [-0.1, -0.05) is 0 Å². The first kappa shape index (κ1) is 10.2. The summed E-state index contributed by atoms with van der Waals surface area (Å²) in [6.45, 7) is 0. The fourth-order valence-electron chi connectivity index (χ4n) is 1.29. The summed E-state index contributed by atoms with van der Waals surface area (Å²) in [5, 5.41) is 6.60. The normalized spacial score (nSPS) is 10.1. The van der Waals surface area contributed by atoms with Crippen LogP contribution in [0.2, 0.25) is 0 Å². The number of hydrogen-bond donors (Lipinski definition) is 2. The summed E-state index contributed by atoms with van der Waals surface area (Å²) in [7, 11) is 1.56. The third-order valence-corrected chi connectivity index (χ3v) is 2.06. The lowest BCUT2D eigenvalue weighted by atomic mass is 10.4. The summed E-state index contributed by atoms with van der Waals surface area (Å²) >= 11 is 0. The monoisotopic (exact) mass is 217 g/mol. The molecule has 1 amide bonds. The molecule has 2 aromatic heterocycles. The van der Waals surface area contributed by atoms with Crippen LogP contribution in [0.3, 0.4) is 0 Å². The Kier molecular flexibility index (Phi) is 2.55. The molecule has 3 N–H and O–H groups in total. The Morgan fingerprint density at radius 3 is 3.00 bits per heavy atom. The van der Waals surface area contributed by atoms with E-state index in [9.17, 15) is 4.79 Å². The van der Waals surface area contributed by atoms with Crippen molar-refractivity contribution in [1.29, 1.82) is 0 Å². The van der Waals surface area contributed by atoms with Crippen molar-refractivity contribution in [3.63, 3.8) is 0 Å². The molecule has 2 aromatic rings. The van der Waals surface area contributed by atoms with Gasteiger partial charge in [0.25, 0.3) is 5.91 Å². The van der Waals surface area contributed by atoms with Crippen molar-refractivity contribution in [2.24, 2.45) is 0 Å². The maximum absolute atomic E-state index is 11.3. The van der Waals surface area contributed by atoms with E-state index in [0.717, 1.165) is 5.69 Å². The van der Waals surface area contributed by atoms with E-state index in [1.807, 2.05) is 0 Å². The summed E-state index contributed by atoms with van der Waals surface area (Å²) in [6.07, 6.45) is 4.85. The Morgan fingerprint density at radius 1 is 1.50 bits per heavy atom. The van der Waals surface area contributed by atoms with E-state index in [1.165, 1.54) is 0 Å². The first-order valence-corrected chi connectivity index (χ1v) is 4.69. The Labute approximate surface area is 92.1 Å². The van der Waals surface area contributed by atoms with E-state index in [4.69, 9.17) is 5.73 Å². The van der Waals surface area contributed by atoms with Crippen molar-refractivity contribution in [3.8, 4) is 5.69 Å². The van der Waals surface area contributed by atoms with E-state index < -0.39 is 0 Å². The highest BCUT2D eigenvalue weighted by Gasteiger charge is 2.07. The highest BCUT2D eigenvalue weighted by molar-refractivity contribution is 5.91. The van der Waals surface area contributed by atoms with Gasteiger partial charge < -0.3 is 11.1 Å². The molecule has 0 bridgehead atoms. The van der Waals surface area contributed by atoms with Gasteiger partial charge in [-0.2, -0.15) is 5.10 Å². The van der Waals surface area contributed by atoms with Crippen molar-refractivity contribution >= 4 is 11.6 Å². The molecule has 0 aliphatic rings. The van der Waals surface area contributed by atoms with Crippen LogP contribution in [0.1, 0.15) is 10.5 Å². The van der Waals surface area contributed by atoms with Gasteiger partial charge in [-0.3, -0.25) is 9.78 Å². The van der Waals surface area contributed by atoms with Crippen LogP contribution >= 0.6 is 0 Å². The fourth-order valence-corrected chi connectivity index (χ4v) is 1.29. The lowest BCUT2D eigenvalue weighted by Gasteiger charge is -2.01. The van der Waals surface area contributed by atoms with Crippen LogP contribution in [0.15, 0.2) is 30.7 Å². The number of nitrogen functional groups attached to an aromatic ring is 1. The number of nitrogens with one attached hydrogen (secondary N) is 1. The van der Waals surface area contributed by atoms with Gasteiger partial charge in [-0.25, -0.2) is 4.68 Å². The summed E-state index contributed by atoms with van der Waals surface area (Å²) in [5.41, 5.74) is 7.23. The highest BCUT2D eigenvalue weighted by atomic mass is 16.1. The first-order chi connectivity index (χ1) is 7.70. The molecule has 6 heteroatoms. The number of hydrogen-bond acceptors (Lipinski definition) is 4. The van der Waals surface area contributed by atoms with E-state index >= 15 is 0 Å². The fraction of sp³-hybridized carbons (Fsp3) is 0.100. The third-order valence-electron chi connectivity index (χ3n) is 2.06. The molecule has 2 heterocycles. The third kappa shape index (κ3) is 1.85. The van der Waals surface area contributed by atoms with Crippen molar-refractivity contribution < 1.29 is 4.79 Å². The van der Waals surface area contributed by atoms with Gasteiger partial charge >= 0.3 is 0 Å². The molecule has 0 radical (unpaired) electrons. The zero-order valence-corrected chi connectivity index (χ0v) is 8.71. The zero-order chi connectivity index (χ0) is 11.5. The number of aromatic nitrogens is 3. The molecule has 0 atom stereocenters. The smallest absolute Gasteiger partial charge is 0.271 e. The number of pyridine rings is 1. The number of rotatable bonds is 2. The van der Waals surface area contributed by atoms with Crippen LogP contribution in [0, 0.1) is 0 Å². The van der Waals surface area contributed by atoms with Gasteiger partial charge in [0.05, 0.1) is 17.6 Å². The molecule has 0 saturated heterocycles. The summed E-state index contributed by atoms with van der Waals surface area (Å²) in [4.78, 5) is 15.2. The molecule has 0 saturated carbocycles. The van der Waals surface area contributed by atoms with E-state index in [1.54, 1.807) is 42.5 Å². The molecular weight excluding hydrogens is 206 g/mol. The van der Waals surface area contributed by atoms with Gasteiger partial charge in [0.2, 0.25) is 0 Å². The minimum Gasteiger partial charge on any atom is -0.397 e. The van der Waals surface area contributed by atoms with Crippen LogP contribution in [-0.4, -0.2) is 27.7 Å². The van der Waals surface area contributed by atoms with E-state index in [0.29, 0.717) is 11.4 Å². The molecule has 6 nitrogen and oxygen atoms in total. The van der Waals surface area contributed by atoms with Gasteiger partial charge in [0.15, 0.2) is 5.69 Å². The molecular formula is C10H11N5O. The standard InChI is InChI=1S/C10H11N5O/c1-12-10(16)9-2-3-15(14-9)8-4-7(11)5-13-6-8/h2-6H,11H2,1H3,(H,12,16). The van der Waals surface area contributed by atoms with Crippen molar-refractivity contribution in [3.05, 3.63) is 36.4 Å². The lowest BCUT2D eigenvalue weighted by Crippen LogP contribution is -2.18. The first-order valence-electron chi connectivity index (χ1n) is 4.69. The largest absolute Gasteiger partial charge is 0.397 e. The number of nitrogens with zero attached hydrogens (tertiary/aromatic N) is 3. The van der Waals surface area contributed by atoms with E-state index in [-0.39, 0.29) is 5.91 Å². The van der Waals surface area contributed by atoms with Crippen molar-refractivity contribution in [2.45, 2.75) is 0 Å². The second-order valence-electron chi connectivity index (χ2n) is 3.20. The van der Waals surface area contributed by atoms with Crippen LogP contribution < -0.4 is 11.1 Å². The molecule has 82 valence electrons. The number of carbonyl (C=O) groups is 1. The number of amides is 1. The summed E-state index contributed by atoms with van der Waals surface area (Å²) in [5.74, 6) is -0.226. The quantitative estimate of drug-likeness (QED) is 0.752. The van der Waals surface area contributed by atoms with E-state index in [2.05, 4.69) is 15.4 Å². The maximum atomic E-state index is 11.3. The number of carbonyl (C=O) groups excluding carboxylic acids is 1. The Bertz CT molecular complexity index is 519. The predicted molar refractivity (Wildman–Crippen MR) is 59.2 cm³/mol. The molecule has 0 aromatic carbocycles. The van der Waals surface area contributed by atoms with Gasteiger partial charge in [-0.05, 0) is 12.1 Å². The van der Waals surface area contributed by atoms with Gasteiger partial charge in [-0.15, -0.1) is 0 Å². The SMILES string of the molecule is CNC(=O)c1ccn(-c2cncc(N)c2)n1. The van der Waals surface area contributed by atoms with Crippen molar-refractivity contribution in [2.75, 3.05) is 12.8 Å². The molecule has 16 heavy (non-hydrogen) atoms. The van der Waals surface area contributed by atoms with Crippen LogP contribution in [0.5, 0.6) is 0 Å². The molecule has 0 spiro atoms. The molecule has 0 fully saturated rings.